The second-order valence-corrected chi connectivity index (χ2v) is 7.67. The van der Waals surface area contributed by atoms with Crippen molar-refractivity contribution in [2.24, 2.45) is 0 Å². The molecule has 2 heterocycles. The molecule has 1 aromatic heterocycles. The smallest absolute Gasteiger partial charge is 0.254 e. The molecule has 31 heavy (non-hydrogen) atoms. The van der Waals surface area contributed by atoms with Gasteiger partial charge in [0, 0.05) is 51.7 Å². The predicted octanol–water partition coefficient (Wildman–Crippen LogP) is 3.12. The van der Waals surface area contributed by atoms with Gasteiger partial charge in [-0.25, -0.2) is 4.98 Å². The second kappa shape index (κ2) is 10.1. The van der Waals surface area contributed by atoms with Gasteiger partial charge < -0.3 is 14.5 Å². The van der Waals surface area contributed by atoms with Gasteiger partial charge in [0.25, 0.3) is 5.91 Å². The Labute approximate surface area is 183 Å². The molecular weight excluding hydrogens is 390 g/mol. The number of carbonyl (C=O) groups excluding carboxylic acids is 1. The molecular formula is C24H27N5O2. The summed E-state index contributed by atoms with van der Waals surface area (Å²) in [4.78, 5) is 21.5. The highest BCUT2D eigenvalue weighted by Gasteiger charge is 2.38. The first-order valence-corrected chi connectivity index (χ1v) is 10.5. The van der Waals surface area contributed by atoms with Crippen LogP contribution in [0.3, 0.4) is 0 Å². The van der Waals surface area contributed by atoms with Crippen molar-refractivity contribution in [2.75, 3.05) is 44.8 Å². The number of rotatable bonds is 7. The van der Waals surface area contributed by atoms with Crippen molar-refractivity contribution in [1.29, 1.82) is 10.5 Å². The summed E-state index contributed by atoms with van der Waals surface area (Å²) in [6.07, 6.45) is 2.78. The van der Waals surface area contributed by atoms with Crippen LogP contribution in [-0.2, 0) is 10.2 Å². The molecule has 1 amide bonds. The third-order valence-corrected chi connectivity index (χ3v) is 5.87. The van der Waals surface area contributed by atoms with E-state index in [1.807, 2.05) is 43.1 Å². The van der Waals surface area contributed by atoms with E-state index >= 15 is 0 Å². The van der Waals surface area contributed by atoms with E-state index < -0.39 is 5.41 Å². The van der Waals surface area contributed by atoms with Gasteiger partial charge in [0.15, 0.2) is 0 Å². The number of hydrogen-bond acceptors (Lipinski definition) is 6. The average Bonchev–Trinajstić information content (AvgIpc) is 2.84. The molecule has 0 N–H and O–H groups in total. The van der Waals surface area contributed by atoms with Crippen LogP contribution in [-0.4, -0.2) is 55.7 Å². The summed E-state index contributed by atoms with van der Waals surface area (Å²) < 4.78 is 5.46. The first-order valence-electron chi connectivity index (χ1n) is 10.5. The number of ether oxygens (including phenoxy) is 1. The molecule has 0 saturated carbocycles. The number of carbonyl (C=O) groups is 1. The average molecular weight is 418 g/mol. The van der Waals surface area contributed by atoms with Gasteiger partial charge in [0.1, 0.15) is 5.82 Å². The van der Waals surface area contributed by atoms with Gasteiger partial charge in [0.2, 0.25) is 0 Å². The van der Waals surface area contributed by atoms with Crippen molar-refractivity contribution in [2.45, 2.75) is 25.2 Å². The third kappa shape index (κ3) is 4.84. The van der Waals surface area contributed by atoms with Gasteiger partial charge in [-0.3, -0.25) is 4.79 Å². The summed E-state index contributed by atoms with van der Waals surface area (Å²) in [5, 5.41) is 19.1. The summed E-state index contributed by atoms with van der Waals surface area (Å²) >= 11 is 0. The zero-order valence-corrected chi connectivity index (χ0v) is 18.0. The molecule has 0 aliphatic carbocycles. The molecule has 0 atom stereocenters. The van der Waals surface area contributed by atoms with E-state index in [1.54, 1.807) is 23.2 Å². The molecule has 0 bridgehead atoms. The quantitative estimate of drug-likeness (QED) is 0.687. The van der Waals surface area contributed by atoms with Crippen molar-refractivity contribution >= 4 is 11.7 Å². The number of aromatic nitrogens is 1. The highest BCUT2D eigenvalue weighted by Crippen LogP contribution is 2.36. The Hall–Kier alpha value is -3.42. The minimum Gasteiger partial charge on any atom is -0.381 e. The number of pyridine rings is 1. The van der Waals surface area contributed by atoms with Crippen LogP contribution in [0.25, 0.3) is 0 Å². The van der Waals surface area contributed by atoms with Crippen molar-refractivity contribution in [1.82, 2.24) is 9.88 Å². The maximum atomic E-state index is 13.5. The summed E-state index contributed by atoms with van der Waals surface area (Å²) in [6, 6.07) is 15.4. The first-order chi connectivity index (χ1) is 15.0. The van der Waals surface area contributed by atoms with Crippen molar-refractivity contribution in [3.05, 3.63) is 59.3 Å². The van der Waals surface area contributed by atoms with E-state index in [0.717, 1.165) is 5.56 Å². The Bertz CT molecular complexity index is 1000. The summed E-state index contributed by atoms with van der Waals surface area (Å²) in [6.45, 7) is 4.61. The van der Waals surface area contributed by atoms with Crippen molar-refractivity contribution < 1.29 is 9.53 Å². The minimum atomic E-state index is -0.692. The largest absolute Gasteiger partial charge is 0.381 e. The van der Waals surface area contributed by atoms with E-state index in [1.165, 1.54) is 0 Å². The zero-order chi connectivity index (χ0) is 22.3. The fourth-order valence-electron chi connectivity index (χ4n) is 3.90. The lowest BCUT2D eigenvalue weighted by Gasteiger charge is -2.33. The monoisotopic (exact) mass is 417 g/mol. The highest BCUT2D eigenvalue weighted by atomic mass is 16.5. The fourth-order valence-corrected chi connectivity index (χ4v) is 3.90. The molecule has 0 unspecified atom stereocenters. The van der Waals surface area contributed by atoms with Crippen LogP contribution in [0, 0.1) is 22.7 Å². The number of benzene rings is 1. The summed E-state index contributed by atoms with van der Waals surface area (Å²) in [5.41, 5.74) is 1.23. The molecule has 3 rings (SSSR count). The molecule has 160 valence electrons. The topological polar surface area (TPSA) is 93.2 Å². The van der Waals surface area contributed by atoms with Gasteiger partial charge in [-0.05, 0) is 43.5 Å². The van der Waals surface area contributed by atoms with Crippen LogP contribution < -0.4 is 4.90 Å². The van der Waals surface area contributed by atoms with Crippen LogP contribution in [0.2, 0.25) is 0 Å². The maximum absolute atomic E-state index is 13.5. The van der Waals surface area contributed by atoms with Gasteiger partial charge in [-0.15, -0.1) is 0 Å². The van der Waals surface area contributed by atoms with Gasteiger partial charge >= 0.3 is 0 Å². The first kappa shape index (κ1) is 22.3. The van der Waals surface area contributed by atoms with E-state index in [4.69, 9.17) is 10.00 Å². The molecule has 0 spiro atoms. The fraction of sp³-hybridized carbons (Fsp3) is 0.417. The van der Waals surface area contributed by atoms with Crippen molar-refractivity contribution in [3.63, 3.8) is 0 Å². The Kier molecular flexibility index (Phi) is 7.23. The SMILES string of the molecule is CCN(CCN(C)c1cc(C#N)ccn1)C(=O)c1ccccc1C1(C#N)CCOCC1. The number of nitriles is 2. The van der Waals surface area contributed by atoms with Gasteiger partial charge in [-0.1, -0.05) is 18.2 Å². The molecule has 0 radical (unpaired) electrons. The number of nitrogens with zero attached hydrogens (tertiary/aromatic N) is 5. The van der Waals surface area contributed by atoms with Gasteiger partial charge in [-0.2, -0.15) is 10.5 Å². The number of anilines is 1. The predicted molar refractivity (Wildman–Crippen MR) is 118 cm³/mol. The number of amides is 1. The van der Waals surface area contributed by atoms with Crippen molar-refractivity contribution in [3.8, 4) is 12.1 Å². The summed E-state index contributed by atoms with van der Waals surface area (Å²) in [5.74, 6) is 0.611. The third-order valence-electron chi connectivity index (χ3n) is 5.87. The number of hydrogen-bond donors (Lipinski definition) is 0. The van der Waals surface area contributed by atoms with E-state index in [9.17, 15) is 10.1 Å². The second-order valence-electron chi connectivity index (χ2n) is 7.67. The Morgan fingerprint density at radius 2 is 1.94 bits per heavy atom. The molecule has 1 aromatic carbocycles. The Morgan fingerprint density at radius 3 is 2.61 bits per heavy atom. The van der Waals surface area contributed by atoms with Crippen LogP contribution in [0.5, 0.6) is 0 Å². The molecule has 1 aliphatic rings. The van der Waals surface area contributed by atoms with Crippen LogP contribution in [0.15, 0.2) is 42.6 Å². The van der Waals surface area contributed by atoms with Crippen LogP contribution >= 0.6 is 0 Å². The highest BCUT2D eigenvalue weighted by molar-refractivity contribution is 5.96. The normalized spacial score (nSPS) is 14.8. The molecule has 1 saturated heterocycles. The Balaban J connectivity index is 1.78. The lowest BCUT2D eigenvalue weighted by atomic mass is 9.73. The lowest BCUT2D eigenvalue weighted by Crippen LogP contribution is -2.40. The number of likely N-dealkylation sites (N-methyl/N-ethyl adjacent to an activating group) is 2. The zero-order valence-electron chi connectivity index (χ0n) is 18.0. The molecule has 7 nitrogen and oxygen atoms in total. The lowest BCUT2D eigenvalue weighted by molar-refractivity contribution is 0.0655. The molecule has 7 heteroatoms. The maximum Gasteiger partial charge on any atom is 0.254 e. The summed E-state index contributed by atoms with van der Waals surface area (Å²) in [7, 11) is 1.89. The van der Waals surface area contributed by atoms with Crippen LogP contribution in [0.1, 0.15) is 41.3 Å². The molecule has 2 aromatic rings. The van der Waals surface area contributed by atoms with Gasteiger partial charge in [0.05, 0.1) is 23.1 Å². The standard InChI is InChI=1S/C24H27N5O2/c1-3-29(13-12-28(2)22-16-19(17-25)8-11-27-22)23(30)20-6-4-5-7-21(20)24(18-26)9-14-31-15-10-24/h4-8,11,16H,3,9-10,12-15H2,1-2H3. The van der Waals surface area contributed by atoms with E-state index in [0.29, 0.717) is 62.6 Å². The van der Waals surface area contributed by atoms with E-state index in [-0.39, 0.29) is 5.91 Å². The minimum absolute atomic E-state index is 0.0775. The molecule has 1 aliphatic heterocycles. The Morgan fingerprint density at radius 1 is 1.19 bits per heavy atom. The molecule has 1 fully saturated rings. The van der Waals surface area contributed by atoms with E-state index in [2.05, 4.69) is 17.1 Å². The van der Waals surface area contributed by atoms with Crippen LogP contribution in [0.4, 0.5) is 5.82 Å².